The van der Waals surface area contributed by atoms with Crippen LogP contribution in [0.2, 0.25) is 0 Å². The predicted molar refractivity (Wildman–Crippen MR) is 115 cm³/mol. The molecule has 3 heterocycles. The van der Waals surface area contributed by atoms with E-state index in [2.05, 4.69) is 15.3 Å². The van der Waals surface area contributed by atoms with Crippen molar-refractivity contribution in [3.05, 3.63) is 57.4 Å². The molecule has 9 heteroatoms. The first-order valence-corrected chi connectivity index (χ1v) is 10.3. The third kappa shape index (κ3) is 2.95. The molecule has 0 fully saturated rings. The lowest BCUT2D eigenvalue weighted by Gasteiger charge is -2.05. The maximum atomic E-state index is 12.7. The molecule has 7 nitrogen and oxygen atoms in total. The molecule has 3 aromatic heterocycles. The van der Waals surface area contributed by atoms with Crippen LogP contribution in [-0.2, 0) is 0 Å². The van der Waals surface area contributed by atoms with Gasteiger partial charge in [-0.1, -0.05) is 23.5 Å². The van der Waals surface area contributed by atoms with Gasteiger partial charge in [0.25, 0.3) is 5.91 Å². The molecule has 0 aliphatic rings. The van der Waals surface area contributed by atoms with Crippen LogP contribution in [0.3, 0.4) is 0 Å². The molecule has 0 saturated carbocycles. The summed E-state index contributed by atoms with van der Waals surface area (Å²) in [5.41, 5.74) is 1.16. The number of nitrogens with one attached hydrogen (secondary N) is 1. The minimum Gasteiger partial charge on any atom is -0.493 e. The van der Waals surface area contributed by atoms with Crippen molar-refractivity contribution in [1.29, 1.82) is 0 Å². The van der Waals surface area contributed by atoms with E-state index in [9.17, 15) is 9.59 Å². The van der Waals surface area contributed by atoms with Gasteiger partial charge in [-0.15, -0.1) is 11.3 Å². The maximum Gasteiger partial charge on any atom is 0.349 e. The summed E-state index contributed by atoms with van der Waals surface area (Å²) in [4.78, 5) is 34.1. The van der Waals surface area contributed by atoms with Gasteiger partial charge in [0.15, 0.2) is 16.5 Å². The number of rotatable bonds is 3. The Morgan fingerprint density at radius 2 is 1.86 bits per heavy atom. The molecule has 2 aromatic carbocycles. The molecule has 144 valence electrons. The summed E-state index contributed by atoms with van der Waals surface area (Å²) in [5.74, 6) is -0.138. The van der Waals surface area contributed by atoms with Crippen molar-refractivity contribution in [1.82, 2.24) is 9.97 Å². The molecule has 0 unspecified atom stereocenters. The third-order valence-electron chi connectivity index (χ3n) is 4.43. The summed E-state index contributed by atoms with van der Waals surface area (Å²) in [7, 11) is 1.49. The molecule has 0 aliphatic heterocycles. The predicted octanol–water partition coefficient (Wildman–Crippen LogP) is 4.58. The van der Waals surface area contributed by atoms with E-state index in [1.54, 1.807) is 29.5 Å². The van der Waals surface area contributed by atoms with Crippen LogP contribution in [0.15, 0.2) is 45.6 Å². The van der Waals surface area contributed by atoms with Crippen LogP contribution in [0.1, 0.15) is 15.4 Å². The molecule has 0 saturated heterocycles. The van der Waals surface area contributed by atoms with Gasteiger partial charge in [0.1, 0.15) is 5.56 Å². The van der Waals surface area contributed by atoms with Crippen LogP contribution in [-0.4, -0.2) is 23.0 Å². The Morgan fingerprint density at radius 3 is 2.66 bits per heavy atom. The largest absolute Gasteiger partial charge is 0.493 e. The monoisotopic (exact) mass is 423 g/mol. The molecule has 0 aliphatic carbocycles. The fourth-order valence-electron chi connectivity index (χ4n) is 3.14. The first-order valence-electron chi connectivity index (χ1n) is 8.62. The highest BCUT2D eigenvalue weighted by molar-refractivity contribution is 7.28. The van der Waals surface area contributed by atoms with E-state index in [0.29, 0.717) is 21.9 Å². The average Bonchev–Trinajstić information content (AvgIpc) is 3.28. The van der Waals surface area contributed by atoms with Gasteiger partial charge in [0.2, 0.25) is 0 Å². The molecule has 1 N–H and O–H groups in total. The highest BCUT2D eigenvalue weighted by Crippen LogP contribution is 2.36. The lowest BCUT2D eigenvalue weighted by atomic mass is 10.1. The number of para-hydroxylation sites is 1. The van der Waals surface area contributed by atoms with Gasteiger partial charge in [-0.25, -0.2) is 14.8 Å². The summed E-state index contributed by atoms with van der Waals surface area (Å²) in [6, 6.07) is 10.5. The first kappa shape index (κ1) is 17.8. The standard InChI is InChI=1S/C20H13N3O4S2/c1-9-21-12-6-7-13-17(16(12)28-9)29-20(22-13)23-18(24)11-8-10-4-3-5-14(26-2)15(10)27-19(11)25/h3-8H,1-2H3,(H,22,23,24). The number of carbonyl (C=O) groups excluding carboxylic acids is 1. The van der Waals surface area contributed by atoms with E-state index in [0.717, 1.165) is 25.4 Å². The lowest BCUT2D eigenvalue weighted by Crippen LogP contribution is -2.20. The summed E-state index contributed by atoms with van der Waals surface area (Å²) >= 11 is 2.94. The number of benzene rings is 2. The average molecular weight is 423 g/mol. The van der Waals surface area contributed by atoms with Crippen molar-refractivity contribution >= 4 is 65.1 Å². The molecular formula is C20H13N3O4S2. The summed E-state index contributed by atoms with van der Waals surface area (Å²) in [6.07, 6.45) is 0. The van der Waals surface area contributed by atoms with Gasteiger partial charge in [0, 0.05) is 5.39 Å². The second-order valence-electron chi connectivity index (χ2n) is 6.29. The quantitative estimate of drug-likeness (QED) is 0.427. The van der Waals surface area contributed by atoms with Crippen LogP contribution in [0.25, 0.3) is 31.4 Å². The molecule has 0 atom stereocenters. The smallest absolute Gasteiger partial charge is 0.349 e. The molecule has 0 bridgehead atoms. The number of aryl methyl sites for hydroxylation is 1. The zero-order valence-electron chi connectivity index (χ0n) is 15.3. The Kier molecular flexibility index (Phi) is 4.07. The fraction of sp³-hybridized carbons (Fsp3) is 0.100. The van der Waals surface area contributed by atoms with E-state index in [4.69, 9.17) is 9.15 Å². The van der Waals surface area contributed by atoms with Gasteiger partial charge in [-0.2, -0.15) is 0 Å². The summed E-state index contributed by atoms with van der Waals surface area (Å²) in [6.45, 7) is 1.95. The molecule has 0 spiro atoms. The Balaban J connectivity index is 1.54. The second-order valence-corrected chi connectivity index (χ2v) is 8.50. The number of anilines is 1. The van der Waals surface area contributed by atoms with E-state index in [-0.39, 0.29) is 5.56 Å². The molecule has 29 heavy (non-hydrogen) atoms. The first-order chi connectivity index (χ1) is 14.0. The highest BCUT2D eigenvalue weighted by Gasteiger charge is 2.18. The van der Waals surface area contributed by atoms with Crippen LogP contribution in [0.5, 0.6) is 5.75 Å². The number of amides is 1. The zero-order chi connectivity index (χ0) is 20.1. The Bertz CT molecular complexity index is 1480. The number of hydrogen-bond acceptors (Lipinski definition) is 8. The number of aromatic nitrogens is 2. The van der Waals surface area contributed by atoms with Crippen molar-refractivity contribution in [2.45, 2.75) is 6.92 Å². The van der Waals surface area contributed by atoms with Gasteiger partial charge in [-0.3, -0.25) is 10.1 Å². The Labute approximate surface area is 171 Å². The normalized spacial score (nSPS) is 11.4. The maximum absolute atomic E-state index is 12.7. The summed E-state index contributed by atoms with van der Waals surface area (Å²) in [5, 5.41) is 4.69. The Hall–Kier alpha value is -3.30. The van der Waals surface area contributed by atoms with Crippen LogP contribution in [0.4, 0.5) is 5.13 Å². The lowest BCUT2D eigenvalue weighted by molar-refractivity contribution is 0.102. The van der Waals surface area contributed by atoms with Crippen molar-refractivity contribution in [2.24, 2.45) is 0 Å². The topological polar surface area (TPSA) is 94.3 Å². The number of thiazole rings is 2. The molecule has 5 rings (SSSR count). The third-order valence-corrected chi connectivity index (χ3v) is 6.57. The number of fused-ring (bicyclic) bond motifs is 4. The summed E-state index contributed by atoms with van der Waals surface area (Å²) < 4.78 is 12.5. The molecular weight excluding hydrogens is 410 g/mol. The van der Waals surface area contributed by atoms with Crippen molar-refractivity contribution < 1.29 is 13.9 Å². The number of nitrogens with zero attached hydrogens (tertiary/aromatic N) is 2. The molecule has 1 amide bonds. The van der Waals surface area contributed by atoms with Crippen molar-refractivity contribution in [2.75, 3.05) is 12.4 Å². The van der Waals surface area contributed by atoms with Gasteiger partial charge >= 0.3 is 5.63 Å². The van der Waals surface area contributed by atoms with E-state index >= 15 is 0 Å². The van der Waals surface area contributed by atoms with Crippen LogP contribution < -0.4 is 15.7 Å². The molecule has 5 aromatic rings. The van der Waals surface area contributed by atoms with Crippen LogP contribution >= 0.6 is 22.7 Å². The van der Waals surface area contributed by atoms with Crippen LogP contribution in [0, 0.1) is 6.92 Å². The van der Waals surface area contributed by atoms with Gasteiger partial charge in [0.05, 0.1) is 32.6 Å². The van der Waals surface area contributed by atoms with E-state index < -0.39 is 11.5 Å². The van der Waals surface area contributed by atoms with E-state index in [1.165, 1.54) is 24.5 Å². The number of methoxy groups -OCH3 is 1. The SMILES string of the molecule is COc1cccc2cc(C(=O)Nc3nc4ccc5nc(C)sc5c4s3)c(=O)oc12. The minimum atomic E-state index is -0.735. The van der Waals surface area contributed by atoms with E-state index in [1.807, 2.05) is 19.1 Å². The number of carbonyl (C=O) groups is 1. The second kappa shape index (κ2) is 6.64. The fourth-order valence-corrected chi connectivity index (χ4v) is 5.14. The zero-order valence-corrected chi connectivity index (χ0v) is 16.9. The van der Waals surface area contributed by atoms with Crippen molar-refractivity contribution in [3.8, 4) is 5.75 Å². The minimum absolute atomic E-state index is 0.0937. The highest BCUT2D eigenvalue weighted by atomic mass is 32.1. The van der Waals surface area contributed by atoms with Crippen molar-refractivity contribution in [3.63, 3.8) is 0 Å². The van der Waals surface area contributed by atoms with Gasteiger partial charge < -0.3 is 9.15 Å². The number of ether oxygens (including phenoxy) is 1. The molecule has 0 radical (unpaired) electrons. The van der Waals surface area contributed by atoms with Gasteiger partial charge in [-0.05, 0) is 31.2 Å². The number of hydrogen-bond donors (Lipinski definition) is 1. The Morgan fingerprint density at radius 1 is 1.10 bits per heavy atom.